The highest BCUT2D eigenvalue weighted by atomic mass is 16.1. The molecule has 3 aromatic rings. The van der Waals surface area contributed by atoms with Crippen molar-refractivity contribution in [1.82, 2.24) is 14.9 Å². The number of rotatable bonds is 8. The first-order chi connectivity index (χ1) is 13.2. The fraction of sp³-hybridized carbons (Fsp3) is 0.304. The number of carbonyl (C=O) groups excluding carboxylic acids is 1. The second-order valence-electron chi connectivity index (χ2n) is 6.89. The van der Waals surface area contributed by atoms with E-state index in [0.717, 1.165) is 36.3 Å². The number of hydrogen-bond donors (Lipinski definition) is 1. The molecule has 0 spiro atoms. The molecular formula is C23H27N3O. The number of nitrogens with one attached hydrogen (secondary N) is 1. The van der Waals surface area contributed by atoms with Gasteiger partial charge in [-0.15, -0.1) is 0 Å². The second kappa shape index (κ2) is 9.17. The molecule has 0 bridgehead atoms. The van der Waals surface area contributed by atoms with E-state index in [2.05, 4.69) is 40.0 Å². The summed E-state index contributed by atoms with van der Waals surface area (Å²) in [4.78, 5) is 17.0. The average molecular weight is 361 g/mol. The molecule has 1 atom stereocenters. The van der Waals surface area contributed by atoms with Crippen LogP contribution in [0.15, 0.2) is 67.0 Å². The van der Waals surface area contributed by atoms with Crippen LogP contribution in [-0.2, 0) is 17.9 Å². The topological polar surface area (TPSA) is 46.9 Å². The molecule has 1 N–H and O–H groups in total. The van der Waals surface area contributed by atoms with Crippen LogP contribution in [0.2, 0.25) is 0 Å². The van der Waals surface area contributed by atoms with Gasteiger partial charge in [0.2, 0.25) is 5.91 Å². The van der Waals surface area contributed by atoms with Crippen molar-refractivity contribution >= 4 is 5.91 Å². The molecule has 1 aromatic heterocycles. The maximum absolute atomic E-state index is 12.8. The summed E-state index contributed by atoms with van der Waals surface area (Å²) < 4.78 is 2.12. The third kappa shape index (κ3) is 5.07. The molecule has 3 rings (SSSR count). The van der Waals surface area contributed by atoms with Gasteiger partial charge in [0, 0.05) is 25.5 Å². The highest BCUT2D eigenvalue weighted by Crippen LogP contribution is 2.21. The van der Waals surface area contributed by atoms with Gasteiger partial charge >= 0.3 is 0 Å². The van der Waals surface area contributed by atoms with Gasteiger partial charge < -0.3 is 9.88 Å². The quantitative estimate of drug-likeness (QED) is 0.645. The van der Waals surface area contributed by atoms with Gasteiger partial charge in [0.1, 0.15) is 5.82 Å². The number of amides is 1. The Kier molecular flexibility index (Phi) is 6.42. The fourth-order valence-corrected chi connectivity index (χ4v) is 3.34. The fourth-order valence-electron chi connectivity index (χ4n) is 3.34. The minimum Gasteiger partial charge on any atom is -0.351 e. The molecule has 0 radical (unpaired) electrons. The Morgan fingerprint density at radius 3 is 2.59 bits per heavy atom. The molecule has 0 saturated carbocycles. The molecule has 140 valence electrons. The third-order valence-corrected chi connectivity index (χ3v) is 4.83. The van der Waals surface area contributed by atoms with Gasteiger partial charge in [-0.1, -0.05) is 67.9 Å². The van der Waals surface area contributed by atoms with Crippen LogP contribution in [0.3, 0.4) is 0 Å². The van der Waals surface area contributed by atoms with Gasteiger partial charge in [-0.25, -0.2) is 4.98 Å². The van der Waals surface area contributed by atoms with E-state index in [4.69, 9.17) is 0 Å². The van der Waals surface area contributed by atoms with Gasteiger partial charge in [0.05, 0.1) is 5.92 Å². The van der Waals surface area contributed by atoms with E-state index >= 15 is 0 Å². The Morgan fingerprint density at radius 2 is 1.89 bits per heavy atom. The lowest BCUT2D eigenvalue weighted by molar-refractivity contribution is -0.122. The molecule has 1 heterocycles. The number of aromatic nitrogens is 2. The van der Waals surface area contributed by atoms with Crippen LogP contribution >= 0.6 is 0 Å². The van der Waals surface area contributed by atoms with Crippen molar-refractivity contribution in [1.29, 1.82) is 0 Å². The van der Waals surface area contributed by atoms with E-state index in [1.54, 1.807) is 0 Å². The summed E-state index contributed by atoms with van der Waals surface area (Å²) in [5.74, 6) is 1.01. The maximum atomic E-state index is 12.8. The zero-order valence-electron chi connectivity index (χ0n) is 16.1. The van der Waals surface area contributed by atoms with Crippen molar-refractivity contribution in [2.75, 3.05) is 0 Å². The molecular weight excluding hydrogens is 334 g/mol. The number of hydrogen-bond acceptors (Lipinski definition) is 2. The van der Waals surface area contributed by atoms with Crippen LogP contribution in [0, 0.1) is 6.92 Å². The molecule has 0 aliphatic heterocycles. The molecule has 4 nitrogen and oxygen atoms in total. The Hall–Kier alpha value is -2.88. The van der Waals surface area contributed by atoms with Crippen molar-refractivity contribution in [3.8, 4) is 0 Å². The highest BCUT2D eigenvalue weighted by molar-refractivity contribution is 5.83. The molecule has 0 saturated heterocycles. The Balaban J connectivity index is 1.64. The first-order valence-corrected chi connectivity index (χ1v) is 9.55. The summed E-state index contributed by atoms with van der Waals surface area (Å²) >= 11 is 0. The van der Waals surface area contributed by atoms with E-state index in [1.807, 2.05) is 55.7 Å². The minimum absolute atomic E-state index is 0.0898. The predicted octanol–water partition coefficient (Wildman–Crippen LogP) is 4.44. The molecule has 2 aromatic carbocycles. The molecule has 1 amide bonds. The molecule has 0 aliphatic rings. The van der Waals surface area contributed by atoms with Crippen LogP contribution in [0.1, 0.15) is 48.2 Å². The Morgan fingerprint density at radius 1 is 1.11 bits per heavy atom. The van der Waals surface area contributed by atoms with E-state index in [1.165, 1.54) is 5.56 Å². The van der Waals surface area contributed by atoms with Gasteiger partial charge in [-0.3, -0.25) is 4.79 Å². The summed E-state index contributed by atoms with van der Waals surface area (Å²) in [6.07, 6.45) is 5.64. The predicted molar refractivity (Wildman–Crippen MR) is 108 cm³/mol. The minimum atomic E-state index is -0.0898. The van der Waals surface area contributed by atoms with E-state index in [0.29, 0.717) is 6.54 Å². The molecule has 0 aliphatic carbocycles. The van der Waals surface area contributed by atoms with Crippen LogP contribution in [0.5, 0.6) is 0 Å². The number of imidazole rings is 1. The van der Waals surface area contributed by atoms with E-state index in [-0.39, 0.29) is 11.8 Å². The third-order valence-electron chi connectivity index (χ3n) is 4.83. The van der Waals surface area contributed by atoms with Gasteiger partial charge in [-0.2, -0.15) is 0 Å². The SMILES string of the molecule is CCC[C@@H](C(=O)NCc1cccc(Cn2ccnc2C)c1)c1ccccc1. The largest absolute Gasteiger partial charge is 0.351 e. The average Bonchev–Trinajstić information content (AvgIpc) is 3.10. The Bertz CT molecular complexity index is 870. The zero-order chi connectivity index (χ0) is 19.1. The van der Waals surface area contributed by atoms with Crippen molar-refractivity contribution in [2.45, 2.75) is 45.7 Å². The summed E-state index contributed by atoms with van der Waals surface area (Å²) in [7, 11) is 0. The maximum Gasteiger partial charge on any atom is 0.227 e. The van der Waals surface area contributed by atoms with Crippen molar-refractivity contribution < 1.29 is 4.79 Å². The second-order valence-corrected chi connectivity index (χ2v) is 6.89. The smallest absolute Gasteiger partial charge is 0.227 e. The first-order valence-electron chi connectivity index (χ1n) is 9.55. The van der Waals surface area contributed by atoms with Gasteiger partial charge in [0.25, 0.3) is 0 Å². The lowest BCUT2D eigenvalue weighted by atomic mass is 9.93. The standard InChI is InChI=1S/C23H27N3O/c1-3-8-22(21-11-5-4-6-12-21)23(27)25-16-19-9-7-10-20(15-19)17-26-14-13-24-18(26)2/h4-7,9-15,22H,3,8,16-17H2,1-2H3,(H,25,27)/t22-/m1/s1. The number of aryl methyl sites for hydroxylation is 1. The van der Waals surface area contributed by atoms with Crippen molar-refractivity contribution in [3.63, 3.8) is 0 Å². The zero-order valence-corrected chi connectivity index (χ0v) is 16.1. The lowest BCUT2D eigenvalue weighted by Crippen LogP contribution is -2.29. The van der Waals surface area contributed by atoms with Crippen molar-refractivity contribution in [3.05, 3.63) is 89.5 Å². The monoisotopic (exact) mass is 361 g/mol. The van der Waals surface area contributed by atoms with Gasteiger partial charge in [0.15, 0.2) is 0 Å². The normalized spacial score (nSPS) is 11.9. The number of carbonyl (C=O) groups is 1. The molecule has 0 unspecified atom stereocenters. The summed E-state index contributed by atoms with van der Waals surface area (Å²) in [6.45, 7) is 5.45. The molecule has 27 heavy (non-hydrogen) atoms. The summed E-state index contributed by atoms with van der Waals surface area (Å²) in [6, 6.07) is 18.4. The first kappa shape index (κ1) is 18.9. The Labute approximate surface area is 161 Å². The van der Waals surface area contributed by atoms with E-state index in [9.17, 15) is 4.79 Å². The van der Waals surface area contributed by atoms with E-state index < -0.39 is 0 Å². The van der Waals surface area contributed by atoms with Crippen LogP contribution in [-0.4, -0.2) is 15.5 Å². The van der Waals surface area contributed by atoms with Crippen LogP contribution in [0.25, 0.3) is 0 Å². The number of benzene rings is 2. The summed E-state index contributed by atoms with van der Waals surface area (Å²) in [5, 5.41) is 3.12. The van der Waals surface area contributed by atoms with Crippen LogP contribution in [0.4, 0.5) is 0 Å². The highest BCUT2D eigenvalue weighted by Gasteiger charge is 2.19. The van der Waals surface area contributed by atoms with Crippen LogP contribution < -0.4 is 5.32 Å². The van der Waals surface area contributed by atoms with Gasteiger partial charge in [-0.05, 0) is 30.0 Å². The molecule has 4 heteroatoms. The van der Waals surface area contributed by atoms with Crippen molar-refractivity contribution in [2.24, 2.45) is 0 Å². The number of nitrogens with zero attached hydrogens (tertiary/aromatic N) is 2. The lowest BCUT2D eigenvalue weighted by Gasteiger charge is -2.17. The summed E-state index contributed by atoms with van der Waals surface area (Å²) in [5.41, 5.74) is 3.40. The molecule has 0 fully saturated rings.